The summed E-state index contributed by atoms with van der Waals surface area (Å²) < 4.78 is 10.3. The number of aromatic nitrogens is 4. The van der Waals surface area contributed by atoms with Crippen LogP contribution in [0.3, 0.4) is 0 Å². The van der Waals surface area contributed by atoms with E-state index in [-0.39, 0.29) is 6.10 Å². The van der Waals surface area contributed by atoms with E-state index in [1.165, 1.54) is 0 Å². The fraction of sp³-hybridized carbons (Fsp3) is 0.692. The van der Waals surface area contributed by atoms with Crippen molar-refractivity contribution in [2.24, 2.45) is 7.05 Å². The van der Waals surface area contributed by atoms with Gasteiger partial charge in [-0.25, -0.2) is 0 Å². The molecule has 2 aromatic heterocycles. The zero-order valence-electron chi connectivity index (χ0n) is 12.1. The van der Waals surface area contributed by atoms with E-state index in [1.807, 2.05) is 18.7 Å². The SMILES string of the molecule is CCCc1nn(C)c2c1[nH]c(=S)n2CC(C)OCC. The molecule has 0 aliphatic heterocycles. The molecule has 1 atom stereocenters. The lowest BCUT2D eigenvalue weighted by atomic mass is 10.2. The topological polar surface area (TPSA) is 47.8 Å². The first-order valence-electron chi connectivity index (χ1n) is 6.84. The van der Waals surface area contributed by atoms with E-state index in [9.17, 15) is 0 Å². The Bertz CT molecular complexity index is 610. The number of imidazole rings is 1. The highest BCUT2D eigenvalue weighted by Gasteiger charge is 2.16. The summed E-state index contributed by atoms with van der Waals surface area (Å²) in [7, 11) is 1.96. The molecule has 5 nitrogen and oxygen atoms in total. The zero-order chi connectivity index (χ0) is 14.0. The molecule has 2 heterocycles. The van der Waals surface area contributed by atoms with Crippen LogP contribution in [-0.2, 0) is 24.8 Å². The lowest BCUT2D eigenvalue weighted by Crippen LogP contribution is -2.17. The largest absolute Gasteiger partial charge is 0.377 e. The monoisotopic (exact) mass is 282 g/mol. The molecular formula is C13H22N4OS. The fourth-order valence-electron chi connectivity index (χ4n) is 2.45. The number of nitrogens with one attached hydrogen (secondary N) is 1. The molecule has 0 aliphatic rings. The van der Waals surface area contributed by atoms with Crippen molar-refractivity contribution in [3.8, 4) is 0 Å². The van der Waals surface area contributed by atoms with Gasteiger partial charge in [-0.2, -0.15) is 5.10 Å². The first-order valence-corrected chi connectivity index (χ1v) is 7.25. The standard InChI is InChI=1S/C13H22N4OS/c1-5-7-10-11-12(16(4)15-10)17(13(19)14-11)8-9(3)18-6-2/h9H,5-8H2,1-4H3,(H,14,19). The second-order valence-corrected chi connectivity index (χ2v) is 5.21. The summed E-state index contributed by atoms with van der Waals surface area (Å²) in [5, 5.41) is 4.57. The van der Waals surface area contributed by atoms with Gasteiger partial charge < -0.3 is 9.72 Å². The molecular weight excluding hydrogens is 260 g/mol. The predicted octanol–water partition coefficient (Wildman–Crippen LogP) is 2.81. The average Bonchev–Trinajstić information content (AvgIpc) is 2.81. The maximum Gasteiger partial charge on any atom is 0.179 e. The van der Waals surface area contributed by atoms with Gasteiger partial charge in [-0.15, -0.1) is 0 Å². The van der Waals surface area contributed by atoms with Crippen LogP contribution in [0.2, 0.25) is 0 Å². The highest BCUT2D eigenvalue weighted by atomic mass is 32.1. The minimum atomic E-state index is 0.139. The molecule has 0 saturated heterocycles. The third kappa shape index (κ3) is 2.74. The van der Waals surface area contributed by atoms with Crippen molar-refractivity contribution in [3.63, 3.8) is 0 Å². The molecule has 6 heteroatoms. The molecule has 0 bridgehead atoms. The summed E-state index contributed by atoms with van der Waals surface area (Å²) in [4.78, 5) is 3.29. The van der Waals surface area contributed by atoms with E-state index < -0.39 is 0 Å². The molecule has 0 aliphatic carbocycles. The molecule has 19 heavy (non-hydrogen) atoms. The van der Waals surface area contributed by atoms with Gasteiger partial charge in [0.15, 0.2) is 10.4 Å². The second-order valence-electron chi connectivity index (χ2n) is 4.83. The Kier molecular flexibility index (Phi) is 4.42. The fourth-order valence-corrected chi connectivity index (χ4v) is 2.72. The summed E-state index contributed by atoms with van der Waals surface area (Å²) in [5.41, 5.74) is 3.21. The van der Waals surface area contributed by atoms with Crippen LogP contribution in [0.25, 0.3) is 11.2 Å². The zero-order valence-corrected chi connectivity index (χ0v) is 12.9. The number of hydrogen-bond acceptors (Lipinski definition) is 3. The van der Waals surface area contributed by atoms with Crippen molar-refractivity contribution >= 4 is 23.4 Å². The van der Waals surface area contributed by atoms with Crippen molar-refractivity contribution < 1.29 is 4.74 Å². The Hall–Kier alpha value is -1.14. The van der Waals surface area contributed by atoms with E-state index in [0.717, 1.165) is 41.0 Å². The predicted molar refractivity (Wildman–Crippen MR) is 79.0 cm³/mol. The van der Waals surface area contributed by atoms with E-state index in [4.69, 9.17) is 17.0 Å². The van der Waals surface area contributed by atoms with Crippen LogP contribution >= 0.6 is 12.2 Å². The van der Waals surface area contributed by atoms with Gasteiger partial charge >= 0.3 is 0 Å². The molecule has 2 aromatic rings. The van der Waals surface area contributed by atoms with Crippen LogP contribution in [0.15, 0.2) is 0 Å². The number of fused-ring (bicyclic) bond motifs is 1. The molecule has 0 saturated carbocycles. The van der Waals surface area contributed by atoms with E-state index in [0.29, 0.717) is 6.61 Å². The third-order valence-corrected chi connectivity index (χ3v) is 3.52. The lowest BCUT2D eigenvalue weighted by Gasteiger charge is -2.12. The van der Waals surface area contributed by atoms with Crippen molar-refractivity contribution in [1.29, 1.82) is 0 Å². The number of aromatic amines is 1. The minimum Gasteiger partial charge on any atom is -0.377 e. The molecule has 0 spiro atoms. The molecule has 1 unspecified atom stereocenters. The van der Waals surface area contributed by atoms with Crippen LogP contribution < -0.4 is 0 Å². The second kappa shape index (κ2) is 5.88. The number of H-pyrrole nitrogens is 1. The smallest absolute Gasteiger partial charge is 0.179 e. The van der Waals surface area contributed by atoms with Crippen LogP contribution in [0.4, 0.5) is 0 Å². The molecule has 2 rings (SSSR count). The summed E-state index contributed by atoms with van der Waals surface area (Å²) in [5.74, 6) is 0. The molecule has 0 amide bonds. The van der Waals surface area contributed by atoms with Crippen molar-refractivity contribution in [2.45, 2.75) is 46.3 Å². The van der Waals surface area contributed by atoms with E-state index in [2.05, 4.69) is 28.5 Å². The van der Waals surface area contributed by atoms with Crippen molar-refractivity contribution in [3.05, 3.63) is 10.5 Å². The van der Waals surface area contributed by atoms with Gasteiger partial charge in [0.05, 0.1) is 18.3 Å². The summed E-state index contributed by atoms with van der Waals surface area (Å²) in [6.07, 6.45) is 2.18. The Labute approximate surface area is 118 Å². The summed E-state index contributed by atoms with van der Waals surface area (Å²) in [6, 6.07) is 0. The molecule has 1 N–H and O–H groups in total. The molecule has 0 aromatic carbocycles. The van der Waals surface area contributed by atoms with Gasteiger partial charge in [-0.3, -0.25) is 9.25 Å². The van der Waals surface area contributed by atoms with Gasteiger partial charge in [0, 0.05) is 13.7 Å². The normalized spacial score (nSPS) is 13.3. The molecule has 106 valence electrons. The summed E-state index contributed by atoms with van der Waals surface area (Å²) >= 11 is 5.42. The Morgan fingerprint density at radius 1 is 1.42 bits per heavy atom. The first kappa shape index (κ1) is 14.3. The molecule has 0 fully saturated rings. The third-order valence-electron chi connectivity index (χ3n) is 3.20. The molecule has 0 radical (unpaired) electrons. The van der Waals surface area contributed by atoms with Gasteiger partial charge in [-0.05, 0) is 32.5 Å². The summed E-state index contributed by atoms with van der Waals surface area (Å²) in [6.45, 7) is 7.69. The lowest BCUT2D eigenvalue weighted by molar-refractivity contribution is 0.0643. The first-order chi connectivity index (χ1) is 9.08. The Balaban J connectivity index is 2.44. The number of hydrogen-bond donors (Lipinski definition) is 1. The van der Waals surface area contributed by atoms with Crippen LogP contribution in [0, 0.1) is 4.77 Å². The van der Waals surface area contributed by atoms with E-state index in [1.54, 1.807) is 0 Å². The number of nitrogens with zero attached hydrogens (tertiary/aromatic N) is 3. The average molecular weight is 282 g/mol. The van der Waals surface area contributed by atoms with Gasteiger partial charge in [0.1, 0.15) is 5.52 Å². The maximum atomic E-state index is 5.60. The Morgan fingerprint density at radius 3 is 2.79 bits per heavy atom. The number of ether oxygens (including phenoxy) is 1. The highest BCUT2D eigenvalue weighted by molar-refractivity contribution is 7.71. The van der Waals surface area contributed by atoms with Crippen LogP contribution in [-0.4, -0.2) is 32.0 Å². The highest BCUT2D eigenvalue weighted by Crippen LogP contribution is 2.19. The number of rotatable bonds is 6. The maximum absolute atomic E-state index is 5.60. The van der Waals surface area contributed by atoms with Crippen molar-refractivity contribution in [1.82, 2.24) is 19.3 Å². The van der Waals surface area contributed by atoms with Crippen LogP contribution in [0.1, 0.15) is 32.9 Å². The van der Waals surface area contributed by atoms with Gasteiger partial charge in [-0.1, -0.05) is 13.3 Å². The van der Waals surface area contributed by atoms with Gasteiger partial charge in [0.25, 0.3) is 0 Å². The van der Waals surface area contributed by atoms with E-state index >= 15 is 0 Å². The van der Waals surface area contributed by atoms with Crippen LogP contribution in [0.5, 0.6) is 0 Å². The minimum absolute atomic E-state index is 0.139. The van der Waals surface area contributed by atoms with Gasteiger partial charge in [0.2, 0.25) is 0 Å². The quantitative estimate of drug-likeness (QED) is 0.829. The number of aryl methyl sites for hydroxylation is 2. The van der Waals surface area contributed by atoms with Crippen molar-refractivity contribution in [2.75, 3.05) is 6.61 Å². The Morgan fingerprint density at radius 2 is 2.16 bits per heavy atom.